The molecule has 0 spiro atoms. The number of hydrogen-bond donors (Lipinski definition) is 1. The van der Waals surface area contributed by atoms with E-state index < -0.39 is 24.9 Å². The van der Waals surface area contributed by atoms with Gasteiger partial charge in [-0.15, -0.1) is 0 Å². The smallest absolute Gasteiger partial charge is 0.390 e. The first-order valence-corrected chi connectivity index (χ1v) is 14.6. The maximum Gasteiger partial charge on any atom is 0.390 e. The molecule has 2 saturated heterocycles. The number of aryl methyl sites for hydroxylation is 1. The zero-order valence-electron chi connectivity index (χ0n) is 23.6. The highest BCUT2D eigenvalue weighted by molar-refractivity contribution is 5.53. The summed E-state index contributed by atoms with van der Waals surface area (Å²) in [5, 5.41) is 10.4. The van der Waals surface area contributed by atoms with Gasteiger partial charge in [-0.3, -0.25) is 9.80 Å². The minimum atomic E-state index is -4.37. The predicted octanol–water partition coefficient (Wildman–Crippen LogP) is 3.90. The van der Waals surface area contributed by atoms with Gasteiger partial charge in [-0.1, -0.05) is 30.8 Å². The Morgan fingerprint density at radius 3 is 2.71 bits per heavy atom. The van der Waals surface area contributed by atoms with Gasteiger partial charge in [0.25, 0.3) is 0 Å². The first kappa shape index (κ1) is 28.4. The third kappa shape index (κ3) is 5.95. The van der Waals surface area contributed by atoms with E-state index in [1.807, 2.05) is 4.90 Å². The van der Waals surface area contributed by atoms with Gasteiger partial charge in [0.05, 0.1) is 12.1 Å². The monoisotopic (exact) mass is 572 g/mol. The van der Waals surface area contributed by atoms with Gasteiger partial charge in [0.2, 0.25) is 0 Å². The summed E-state index contributed by atoms with van der Waals surface area (Å²) in [6.45, 7) is 7.15. The van der Waals surface area contributed by atoms with Crippen LogP contribution in [0.25, 0.3) is 0 Å². The number of rotatable bonds is 8. The van der Waals surface area contributed by atoms with Crippen LogP contribution in [0.4, 0.5) is 19.0 Å². The number of halogens is 3. The van der Waals surface area contributed by atoms with E-state index in [1.54, 1.807) is 0 Å². The molecule has 0 radical (unpaired) electrons. The van der Waals surface area contributed by atoms with Gasteiger partial charge in [-0.2, -0.15) is 23.1 Å². The first-order valence-electron chi connectivity index (χ1n) is 14.6. The molecule has 0 saturated carbocycles. The van der Waals surface area contributed by atoms with Crippen molar-refractivity contribution in [3.8, 4) is 6.01 Å². The number of aliphatic hydroxyl groups is 1. The fourth-order valence-corrected chi connectivity index (χ4v) is 7.05. The fraction of sp³-hybridized carbons (Fsp3) is 0.600. The molecular formula is C30H39F3N6O2. The molecule has 2 fully saturated rings. The van der Waals surface area contributed by atoms with Crippen molar-refractivity contribution in [2.24, 2.45) is 0 Å². The fourth-order valence-electron chi connectivity index (χ4n) is 7.05. The van der Waals surface area contributed by atoms with Gasteiger partial charge < -0.3 is 19.6 Å². The Hall–Kier alpha value is -2.73. The molecule has 2 unspecified atom stereocenters. The van der Waals surface area contributed by atoms with Crippen molar-refractivity contribution in [3.05, 3.63) is 59.3 Å². The van der Waals surface area contributed by atoms with Crippen molar-refractivity contribution >= 4 is 5.82 Å². The molecule has 4 aliphatic rings. The molecule has 4 atom stereocenters. The Labute approximate surface area is 239 Å². The topological polar surface area (TPSA) is 68.2 Å². The average molecular weight is 573 g/mol. The molecule has 11 heteroatoms. The Kier molecular flexibility index (Phi) is 7.97. The van der Waals surface area contributed by atoms with Crippen molar-refractivity contribution in [1.82, 2.24) is 24.7 Å². The van der Waals surface area contributed by atoms with Crippen LogP contribution in [0.5, 0.6) is 6.01 Å². The standard InChI is InChI=1S/C30H39F3N6O2/c1-3-27(40)39-14-13-37(16-22(39)15-30(31,32)33)28-24-17-38(26-11-10-20-7-4-5-9-23(20)26)18-25(24)34-29(35-28)41-19-21-8-6-12-36(21)2/h3-5,7,9,21-22,26-27,40H,1,6,8,10-19H2,2H3/t21-,22-,26?,27?/m0/s1. The number of hydrogen-bond acceptors (Lipinski definition) is 8. The van der Waals surface area contributed by atoms with Gasteiger partial charge in [-0.25, -0.2) is 0 Å². The van der Waals surface area contributed by atoms with Gasteiger partial charge in [0.15, 0.2) is 0 Å². The molecule has 222 valence electrons. The molecule has 8 nitrogen and oxygen atoms in total. The second-order valence-electron chi connectivity index (χ2n) is 11.8. The highest BCUT2D eigenvalue weighted by Gasteiger charge is 2.41. The van der Waals surface area contributed by atoms with E-state index in [0.29, 0.717) is 38.1 Å². The van der Waals surface area contributed by atoms with Crippen LogP contribution in [0.1, 0.15) is 54.1 Å². The number of piperazine rings is 1. The van der Waals surface area contributed by atoms with E-state index in [2.05, 4.69) is 47.7 Å². The molecule has 3 aliphatic heterocycles. The lowest BCUT2D eigenvalue weighted by Crippen LogP contribution is -2.57. The average Bonchev–Trinajstić information content (AvgIpc) is 3.67. The lowest BCUT2D eigenvalue weighted by Gasteiger charge is -2.44. The van der Waals surface area contributed by atoms with Crippen molar-refractivity contribution in [1.29, 1.82) is 0 Å². The molecule has 4 heterocycles. The van der Waals surface area contributed by atoms with Crippen molar-refractivity contribution in [3.63, 3.8) is 0 Å². The molecule has 1 N–H and O–H groups in total. The highest BCUT2D eigenvalue weighted by atomic mass is 19.4. The largest absolute Gasteiger partial charge is 0.462 e. The lowest BCUT2D eigenvalue weighted by atomic mass is 10.1. The second-order valence-corrected chi connectivity index (χ2v) is 11.8. The van der Waals surface area contributed by atoms with Crippen molar-refractivity contribution in [2.45, 2.75) is 75.7 Å². The molecule has 1 aliphatic carbocycles. The van der Waals surface area contributed by atoms with Crippen LogP contribution in [0, 0.1) is 0 Å². The van der Waals surface area contributed by atoms with Gasteiger partial charge in [-0.05, 0) is 56.5 Å². The summed E-state index contributed by atoms with van der Waals surface area (Å²) in [5.41, 5.74) is 4.56. The summed E-state index contributed by atoms with van der Waals surface area (Å²) in [7, 11) is 2.09. The number of alkyl halides is 3. The van der Waals surface area contributed by atoms with E-state index in [9.17, 15) is 18.3 Å². The first-order chi connectivity index (χ1) is 19.7. The Morgan fingerprint density at radius 1 is 1.12 bits per heavy atom. The van der Waals surface area contributed by atoms with Gasteiger partial charge in [0, 0.05) is 56.4 Å². The molecular weight excluding hydrogens is 533 g/mol. The molecule has 6 rings (SSSR count). The number of anilines is 1. The van der Waals surface area contributed by atoms with E-state index in [-0.39, 0.29) is 25.1 Å². The van der Waals surface area contributed by atoms with E-state index >= 15 is 0 Å². The maximum absolute atomic E-state index is 13.6. The minimum Gasteiger partial charge on any atom is -0.462 e. The third-order valence-electron chi connectivity index (χ3n) is 9.23. The van der Waals surface area contributed by atoms with Crippen LogP contribution in [-0.2, 0) is 19.5 Å². The Balaban J connectivity index is 1.29. The summed E-state index contributed by atoms with van der Waals surface area (Å²) >= 11 is 0. The summed E-state index contributed by atoms with van der Waals surface area (Å²) in [6.07, 6.45) is -1.01. The number of fused-ring (bicyclic) bond motifs is 2. The highest BCUT2D eigenvalue weighted by Crippen LogP contribution is 2.42. The summed E-state index contributed by atoms with van der Waals surface area (Å²) in [6, 6.07) is 8.45. The van der Waals surface area contributed by atoms with Gasteiger partial charge >= 0.3 is 12.2 Å². The van der Waals surface area contributed by atoms with E-state index in [1.165, 1.54) is 22.1 Å². The predicted molar refractivity (Wildman–Crippen MR) is 150 cm³/mol. The zero-order chi connectivity index (χ0) is 28.7. The number of aliphatic hydroxyl groups excluding tert-OH is 1. The van der Waals surface area contributed by atoms with Crippen LogP contribution in [-0.4, -0.2) is 94.1 Å². The lowest BCUT2D eigenvalue weighted by molar-refractivity contribution is -0.154. The molecule has 0 bridgehead atoms. The molecule has 1 aromatic heterocycles. The number of ether oxygens (including phenoxy) is 1. The number of nitrogens with zero attached hydrogens (tertiary/aromatic N) is 6. The summed E-state index contributed by atoms with van der Waals surface area (Å²) in [5.74, 6) is 0.651. The number of aromatic nitrogens is 2. The number of likely N-dealkylation sites (N-methyl/N-ethyl adjacent to an activating group) is 1. The van der Waals surface area contributed by atoms with Crippen LogP contribution in [0.15, 0.2) is 36.9 Å². The number of likely N-dealkylation sites (tertiary alicyclic amines) is 1. The minimum absolute atomic E-state index is 0.0882. The molecule has 41 heavy (non-hydrogen) atoms. The Bertz CT molecular complexity index is 1260. The summed E-state index contributed by atoms with van der Waals surface area (Å²) in [4.78, 5) is 17.8. The second kappa shape index (κ2) is 11.5. The van der Waals surface area contributed by atoms with Crippen LogP contribution < -0.4 is 9.64 Å². The quantitative estimate of drug-likeness (QED) is 0.478. The van der Waals surface area contributed by atoms with E-state index in [0.717, 1.165) is 43.5 Å². The molecule has 2 aromatic rings. The van der Waals surface area contributed by atoms with Gasteiger partial charge in [0.1, 0.15) is 18.7 Å². The van der Waals surface area contributed by atoms with Crippen molar-refractivity contribution in [2.75, 3.05) is 44.7 Å². The van der Waals surface area contributed by atoms with E-state index in [4.69, 9.17) is 14.7 Å². The molecule has 0 amide bonds. The van der Waals surface area contributed by atoms with Crippen LogP contribution in [0.3, 0.4) is 0 Å². The normalized spacial score (nSPS) is 26.3. The van der Waals surface area contributed by atoms with Crippen LogP contribution >= 0.6 is 0 Å². The number of benzene rings is 1. The summed E-state index contributed by atoms with van der Waals surface area (Å²) < 4.78 is 47.0. The van der Waals surface area contributed by atoms with Crippen molar-refractivity contribution < 1.29 is 23.0 Å². The zero-order valence-corrected chi connectivity index (χ0v) is 23.6. The SMILES string of the molecule is C=CC(O)N1CCN(c2nc(OC[C@@H]3CCCN3C)nc3c2CN(C2CCc4ccccc42)C3)C[C@@H]1CC(F)(F)F. The molecule has 1 aromatic carbocycles. The van der Waals surface area contributed by atoms with Crippen LogP contribution in [0.2, 0.25) is 0 Å². The maximum atomic E-state index is 13.6. The Morgan fingerprint density at radius 2 is 1.95 bits per heavy atom. The third-order valence-corrected chi connectivity index (χ3v) is 9.23.